The molecule has 0 bridgehead atoms. The van der Waals surface area contributed by atoms with E-state index in [1.165, 1.54) is 5.56 Å². The highest BCUT2D eigenvalue weighted by molar-refractivity contribution is 5.84. The van der Waals surface area contributed by atoms with Crippen LogP contribution in [-0.4, -0.2) is 42.8 Å². The van der Waals surface area contributed by atoms with Crippen molar-refractivity contribution in [2.45, 2.75) is 32.4 Å². The molecule has 0 spiro atoms. The van der Waals surface area contributed by atoms with Crippen molar-refractivity contribution in [3.63, 3.8) is 0 Å². The van der Waals surface area contributed by atoms with Crippen LogP contribution < -0.4 is 5.32 Å². The van der Waals surface area contributed by atoms with Crippen molar-refractivity contribution in [1.82, 2.24) is 10.2 Å². The molecular weight excluding hydrogens is 240 g/mol. The predicted octanol–water partition coefficient (Wildman–Crippen LogP) is 1.41. The molecule has 4 nitrogen and oxygen atoms in total. The fourth-order valence-electron chi connectivity index (χ4n) is 2.42. The van der Waals surface area contributed by atoms with Gasteiger partial charge in [-0.05, 0) is 25.8 Å². The molecule has 0 radical (unpaired) electrons. The average molecular weight is 262 g/mol. The first kappa shape index (κ1) is 14.0. The van der Waals surface area contributed by atoms with E-state index in [9.17, 15) is 4.79 Å². The van der Waals surface area contributed by atoms with E-state index in [1.54, 1.807) is 0 Å². The monoisotopic (exact) mass is 262 g/mol. The normalized spacial score (nSPS) is 20.8. The number of ether oxygens (including phenoxy) is 1. The van der Waals surface area contributed by atoms with E-state index in [-0.39, 0.29) is 18.1 Å². The minimum absolute atomic E-state index is 0.0891. The van der Waals surface area contributed by atoms with Crippen molar-refractivity contribution in [3.05, 3.63) is 35.9 Å². The van der Waals surface area contributed by atoms with Crippen LogP contribution in [0.4, 0.5) is 0 Å². The minimum Gasteiger partial charge on any atom is -0.377 e. The summed E-state index contributed by atoms with van der Waals surface area (Å²) in [6.07, 6.45) is 0.838. The number of hydrogen-bond donors (Lipinski definition) is 1. The van der Waals surface area contributed by atoms with Crippen LogP contribution in [0.5, 0.6) is 0 Å². The van der Waals surface area contributed by atoms with Gasteiger partial charge in [0.15, 0.2) is 0 Å². The summed E-state index contributed by atoms with van der Waals surface area (Å²) in [7, 11) is 0. The first-order valence-electron chi connectivity index (χ1n) is 6.88. The highest BCUT2D eigenvalue weighted by Gasteiger charge is 2.31. The second-order valence-corrected chi connectivity index (χ2v) is 4.93. The maximum Gasteiger partial charge on any atom is 0.241 e. The van der Waals surface area contributed by atoms with Crippen LogP contribution >= 0.6 is 0 Å². The molecule has 1 heterocycles. The molecule has 2 atom stereocenters. The van der Waals surface area contributed by atoms with E-state index in [4.69, 9.17) is 4.74 Å². The number of rotatable bonds is 6. The third kappa shape index (κ3) is 3.78. The molecule has 2 rings (SSSR count). The number of benzene rings is 1. The lowest BCUT2D eigenvalue weighted by Gasteiger charge is -2.20. The quantitative estimate of drug-likeness (QED) is 0.843. The maximum absolute atomic E-state index is 12.3. The number of carbonyl (C=O) groups is 1. The maximum atomic E-state index is 12.3. The Morgan fingerprint density at radius 3 is 2.84 bits per heavy atom. The van der Waals surface area contributed by atoms with Crippen LogP contribution in [0.3, 0.4) is 0 Å². The molecular formula is C15H22N2O2. The van der Waals surface area contributed by atoms with Crippen LogP contribution in [0.2, 0.25) is 0 Å². The lowest BCUT2D eigenvalue weighted by atomic mass is 10.1. The van der Waals surface area contributed by atoms with Gasteiger partial charge < -0.3 is 9.64 Å². The van der Waals surface area contributed by atoms with Gasteiger partial charge in [-0.15, -0.1) is 0 Å². The van der Waals surface area contributed by atoms with Crippen molar-refractivity contribution in [2.24, 2.45) is 0 Å². The standard InChI is InChI=1S/C15H22N2O2/c1-3-19-12(2)10-17-11-16-14(15(17)18)9-13-7-5-4-6-8-13/h4-8,12,14,16H,3,9-11H2,1-2H3. The number of carbonyl (C=O) groups excluding carboxylic acids is 1. The summed E-state index contributed by atoms with van der Waals surface area (Å²) in [4.78, 5) is 14.1. The van der Waals surface area contributed by atoms with E-state index in [0.717, 1.165) is 6.42 Å². The Morgan fingerprint density at radius 1 is 1.42 bits per heavy atom. The summed E-state index contributed by atoms with van der Waals surface area (Å²) in [5.41, 5.74) is 1.19. The van der Waals surface area contributed by atoms with Gasteiger partial charge in [0.05, 0.1) is 18.8 Å². The van der Waals surface area contributed by atoms with Gasteiger partial charge in [0.1, 0.15) is 0 Å². The van der Waals surface area contributed by atoms with E-state index in [1.807, 2.05) is 36.9 Å². The number of nitrogens with one attached hydrogen (secondary N) is 1. The Labute approximate surface area is 114 Å². The molecule has 1 aliphatic heterocycles. The fraction of sp³-hybridized carbons (Fsp3) is 0.533. The first-order chi connectivity index (χ1) is 9.20. The molecule has 104 valence electrons. The largest absolute Gasteiger partial charge is 0.377 e. The third-order valence-corrected chi connectivity index (χ3v) is 3.35. The smallest absolute Gasteiger partial charge is 0.241 e. The summed E-state index contributed by atoms with van der Waals surface area (Å²) in [6, 6.07) is 10.0. The highest BCUT2D eigenvalue weighted by Crippen LogP contribution is 2.11. The van der Waals surface area contributed by atoms with E-state index in [2.05, 4.69) is 17.4 Å². The Hall–Kier alpha value is -1.39. The van der Waals surface area contributed by atoms with Crippen molar-refractivity contribution < 1.29 is 9.53 Å². The van der Waals surface area contributed by atoms with Gasteiger partial charge in [-0.3, -0.25) is 10.1 Å². The second kappa shape index (κ2) is 6.68. The number of hydrogen-bond acceptors (Lipinski definition) is 3. The van der Waals surface area contributed by atoms with Crippen molar-refractivity contribution in [2.75, 3.05) is 19.8 Å². The van der Waals surface area contributed by atoms with Crippen LogP contribution in [0.1, 0.15) is 19.4 Å². The second-order valence-electron chi connectivity index (χ2n) is 4.93. The van der Waals surface area contributed by atoms with Crippen LogP contribution in [-0.2, 0) is 16.0 Å². The molecule has 1 amide bonds. The zero-order chi connectivity index (χ0) is 13.7. The van der Waals surface area contributed by atoms with Gasteiger partial charge in [0, 0.05) is 13.2 Å². The molecule has 1 saturated heterocycles. The van der Waals surface area contributed by atoms with Crippen LogP contribution in [0, 0.1) is 0 Å². The molecule has 19 heavy (non-hydrogen) atoms. The van der Waals surface area contributed by atoms with Crippen molar-refractivity contribution in [1.29, 1.82) is 0 Å². The molecule has 1 aliphatic rings. The van der Waals surface area contributed by atoms with E-state index < -0.39 is 0 Å². The molecule has 1 N–H and O–H groups in total. The Balaban J connectivity index is 1.87. The molecule has 0 aromatic heterocycles. The molecule has 4 heteroatoms. The zero-order valence-electron chi connectivity index (χ0n) is 11.6. The lowest BCUT2D eigenvalue weighted by molar-refractivity contribution is -0.130. The van der Waals surface area contributed by atoms with Gasteiger partial charge in [0.2, 0.25) is 5.91 Å². The van der Waals surface area contributed by atoms with Crippen molar-refractivity contribution in [3.8, 4) is 0 Å². The van der Waals surface area contributed by atoms with Crippen LogP contribution in [0.15, 0.2) is 30.3 Å². The van der Waals surface area contributed by atoms with Gasteiger partial charge in [-0.25, -0.2) is 0 Å². The predicted molar refractivity (Wildman–Crippen MR) is 74.7 cm³/mol. The van der Waals surface area contributed by atoms with E-state index in [0.29, 0.717) is 19.8 Å². The minimum atomic E-state index is -0.101. The average Bonchev–Trinajstić information content (AvgIpc) is 2.73. The van der Waals surface area contributed by atoms with Gasteiger partial charge in [-0.1, -0.05) is 30.3 Å². The SMILES string of the molecule is CCOC(C)CN1CNC(Cc2ccccc2)C1=O. The fourth-order valence-corrected chi connectivity index (χ4v) is 2.42. The van der Waals surface area contributed by atoms with Crippen LogP contribution in [0.25, 0.3) is 0 Å². The topological polar surface area (TPSA) is 41.6 Å². The van der Waals surface area contributed by atoms with Gasteiger partial charge in [0.25, 0.3) is 0 Å². The molecule has 1 aromatic rings. The summed E-state index contributed by atoms with van der Waals surface area (Å²) in [5.74, 6) is 0.176. The zero-order valence-corrected chi connectivity index (χ0v) is 11.6. The molecule has 0 aliphatic carbocycles. The lowest BCUT2D eigenvalue weighted by Crippen LogP contribution is -2.36. The number of nitrogens with zero attached hydrogens (tertiary/aromatic N) is 1. The van der Waals surface area contributed by atoms with Crippen molar-refractivity contribution >= 4 is 5.91 Å². The highest BCUT2D eigenvalue weighted by atomic mass is 16.5. The molecule has 0 saturated carbocycles. The molecule has 2 unspecified atom stereocenters. The Morgan fingerprint density at radius 2 is 2.16 bits per heavy atom. The summed E-state index contributed by atoms with van der Waals surface area (Å²) in [5, 5.41) is 3.27. The summed E-state index contributed by atoms with van der Waals surface area (Å²) in [6.45, 7) is 5.93. The Bertz CT molecular complexity index is 408. The molecule has 1 aromatic carbocycles. The third-order valence-electron chi connectivity index (χ3n) is 3.35. The number of amides is 1. The van der Waals surface area contributed by atoms with E-state index >= 15 is 0 Å². The van der Waals surface area contributed by atoms with Gasteiger partial charge in [-0.2, -0.15) is 0 Å². The van der Waals surface area contributed by atoms with Gasteiger partial charge >= 0.3 is 0 Å². The Kier molecular flexibility index (Phi) is 4.93. The summed E-state index contributed by atoms with van der Waals surface area (Å²) >= 11 is 0. The molecule has 1 fully saturated rings. The first-order valence-corrected chi connectivity index (χ1v) is 6.88. The summed E-state index contributed by atoms with van der Waals surface area (Å²) < 4.78 is 5.48.